The Balaban J connectivity index is 2.45. The van der Waals surface area contributed by atoms with E-state index in [1.54, 1.807) is 26.8 Å². The summed E-state index contributed by atoms with van der Waals surface area (Å²) in [4.78, 5) is 24.5. The minimum absolute atomic E-state index is 0.0270. The van der Waals surface area contributed by atoms with Crippen molar-refractivity contribution < 1.29 is 19.1 Å². The molecule has 0 unspecified atom stereocenters. The SMILES string of the molecule is CN(CC(=O)C1=CCCO1)C(=O)OC(C)(C)C. The molecule has 0 aromatic carbocycles. The first kappa shape index (κ1) is 13.5. The monoisotopic (exact) mass is 241 g/mol. The van der Waals surface area contributed by atoms with Crippen LogP contribution in [0.3, 0.4) is 0 Å². The number of ether oxygens (including phenoxy) is 2. The minimum Gasteiger partial charge on any atom is -0.490 e. The fourth-order valence-corrected chi connectivity index (χ4v) is 1.31. The molecule has 0 fully saturated rings. The van der Waals surface area contributed by atoms with Crippen LogP contribution in [0.4, 0.5) is 4.79 Å². The third kappa shape index (κ3) is 4.46. The van der Waals surface area contributed by atoms with Crippen molar-refractivity contribution in [2.75, 3.05) is 20.2 Å². The Morgan fingerprint density at radius 1 is 1.47 bits per heavy atom. The highest BCUT2D eigenvalue weighted by Gasteiger charge is 2.23. The highest BCUT2D eigenvalue weighted by atomic mass is 16.6. The van der Waals surface area contributed by atoms with Crippen molar-refractivity contribution in [2.45, 2.75) is 32.8 Å². The van der Waals surface area contributed by atoms with E-state index in [1.807, 2.05) is 0 Å². The maximum atomic E-state index is 11.7. The first-order valence-electron chi connectivity index (χ1n) is 5.60. The van der Waals surface area contributed by atoms with Gasteiger partial charge in [-0.15, -0.1) is 0 Å². The van der Waals surface area contributed by atoms with Crippen LogP contribution in [0.1, 0.15) is 27.2 Å². The molecule has 1 amide bonds. The summed E-state index contributed by atoms with van der Waals surface area (Å²) in [5.74, 6) is 0.149. The van der Waals surface area contributed by atoms with Crippen LogP contribution in [0.2, 0.25) is 0 Å². The quantitative estimate of drug-likeness (QED) is 0.755. The van der Waals surface area contributed by atoms with Crippen molar-refractivity contribution in [3.63, 3.8) is 0 Å². The van der Waals surface area contributed by atoms with Gasteiger partial charge in [0.1, 0.15) is 5.60 Å². The molecule has 1 aliphatic heterocycles. The molecular formula is C12H19NO4. The van der Waals surface area contributed by atoms with Crippen LogP contribution in [0, 0.1) is 0 Å². The lowest BCUT2D eigenvalue weighted by Crippen LogP contribution is -2.37. The molecule has 0 spiro atoms. The van der Waals surface area contributed by atoms with E-state index < -0.39 is 11.7 Å². The van der Waals surface area contributed by atoms with Crippen molar-refractivity contribution in [1.82, 2.24) is 4.90 Å². The van der Waals surface area contributed by atoms with E-state index in [0.29, 0.717) is 12.4 Å². The fourth-order valence-electron chi connectivity index (χ4n) is 1.31. The van der Waals surface area contributed by atoms with Gasteiger partial charge in [0.05, 0.1) is 13.2 Å². The third-order valence-electron chi connectivity index (χ3n) is 2.07. The van der Waals surface area contributed by atoms with Crippen molar-refractivity contribution in [3.8, 4) is 0 Å². The van der Waals surface area contributed by atoms with E-state index in [-0.39, 0.29) is 12.3 Å². The molecule has 17 heavy (non-hydrogen) atoms. The van der Waals surface area contributed by atoms with Crippen molar-refractivity contribution >= 4 is 11.9 Å². The normalized spacial score (nSPS) is 14.9. The molecule has 0 saturated carbocycles. The van der Waals surface area contributed by atoms with Gasteiger partial charge in [-0.1, -0.05) is 0 Å². The molecule has 1 rings (SSSR count). The second kappa shape index (κ2) is 5.21. The summed E-state index contributed by atoms with van der Waals surface area (Å²) in [6.07, 6.45) is 1.98. The average molecular weight is 241 g/mol. The molecule has 0 saturated heterocycles. The number of carbonyl (C=O) groups excluding carboxylic acids is 2. The van der Waals surface area contributed by atoms with E-state index in [9.17, 15) is 9.59 Å². The Bertz CT molecular complexity index is 341. The number of ketones is 1. The van der Waals surface area contributed by atoms with E-state index in [1.165, 1.54) is 11.9 Å². The molecule has 96 valence electrons. The molecule has 0 radical (unpaired) electrons. The Labute approximate surface area is 101 Å². The summed E-state index contributed by atoms with van der Waals surface area (Å²) in [6.45, 7) is 5.85. The Morgan fingerprint density at radius 3 is 2.59 bits per heavy atom. The first-order valence-corrected chi connectivity index (χ1v) is 5.60. The number of nitrogens with zero attached hydrogens (tertiary/aromatic N) is 1. The van der Waals surface area contributed by atoms with Crippen LogP contribution >= 0.6 is 0 Å². The number of carbonyl (C=O) groups is 2. The van der Waals surface area contributed by atoms with Crippen LogP contribution in [0.5, 0.6) is 0 Å². The van der Waals surface area contributed by atoms with Gasteiger partial charge in [-0.05, 0) is 26.8 Å². The molecule has 0 atom stereocenters. The predicted octanol–water partition coefficient (Wildman–Crippen LogP) is 1.73. The molecular weight excluding hydrogens is 222 g/mol. The van der Waals surface area contributed by atoms with Crippen LogP contribution in [-0.4, -0.2) is 42.6 Å². The summed E-state index contributed by atoms with van der Waals surface area (Å²) >= 11 is 0. The third-order valence-corrected chi connectivity index (χ3v) is 2.07. The molecule has 0 aromatic heterocycles. The minimum atomic E-state index is -0.558. The zero-order chi connectivity index (χ0) is 13.1. The molecule has 1 heterocycles. The van der Waals surface area contributed by atoms with E-state index in [0.717, 1.165) is 6.42 Å². The summed E-state index contributed by atoms with van der Waals surface area (Å²) in [6, 6.07) is 0. The summed E-state index contributed by atoms with van der Waals surface area (Å²) in [7, 11) is 1.53. The number of amides is 1. The van der Waals surface area contributed by atoms with Crippen LogP contribution < -0.4 is 0 Å². The molecule has 5 heteroatoms. The van der Waals surface area contributed by atoms with E-state index >= 15 is 0 Å². The fraction of sp³-hybridized carbons (Fsp3) is 0.667. The van der Waals surface area contributed by atoms with Crippen LogP contribution in [0.15, 0.2) is 11.8 Å². The van der Waals surface area contributed by atoms with Crippen molar-refractivity contribution in [3.05, 3.63) is 11.8 Å². The predicted molar refractivity (Wildman–Crippen MR) is 62.5 cm³/mol. The van der Waals surface area contributed by atoms with E-state index in [4.69, 9.17) is 9.47 Å². The van der Waals surface area contributed by atoms with E-state index in [2.05, 4.69) is 0 Å². The largest absolute Gasteiger partial charge is 0.490 e. The number of rotatable bonds is 3. The van der Waals surface area contributed by atoms with Gasteiger partial charge in [0.15, 0.2) is 5.76 Å². The second-order valence-electron chi connectivity index (χ2n) is 4.97. The lowest BCUT2D eigenvalue weighted by atomic mass is 10.2. The number of likely N-dealkylation sites (N-methyl/N-ethyl adjacent to an activating group) is 1. The average Bonchev–Trinajstić information content (AvgIpc) is 2.67. The Hall–Kier alpha value is -1.52. The van der Waals surface area contributed by atoms with Crippen LogP contribution in [0.25, 0.3) is 0 Å². The standard InChI is InChI=1S/C12H19NO4/c1-12(2,3)17-11(15)13(4)8-9(14)10-6-5-7-16-10/h6H,5,7-8H2,1-4H3. The van der Waals surface area contributed by atoms with Gasteiger partial charge in [0, 0.05) is 13.5 Å². The highest BCUT2D eigenvalue weighted by Crippen LogP contribution is 2.12. The Morgan fingerprint density at radius 2 is 2.12 bits per heavy atom. The molecule has 0 bridgehead atoms. The maximum absolute atomic E-state index is 11.7. The van der Waals surface area contributed by atoms with Crippen LogP contribution in [-0.2, 0) is 14.3 Å². The second-order valence-corrected chi connectivity index (χ2v) is 4.97. The molecule has 5 nitrogen and oxygen atoms in total. The summed E-state index contributed by atoms with van der Waals surface area (Å²) in [5.41, 5.74) is -0.558. The number of hydrogen-bond acceptors (Lipinski definition) is 4. The molecule has 0 N–H and O–H groups in total. The van der Waals surface area contributed by atoms with Gasteiger partial charge in [-0.25, -0.2) is 4.79 Å². The molecule has 0 aromatic rings. The van der Waals surface area contributed by atoms with Gasteiger partial charge in [-0.2, -0.15) is 0 Å². The Kier molecular flexibility index (Phi) is 4.15. The summed E-state index contributed by atoms with van der Waals surface area (Å²) < 4.78 is 10.3. The number of hydrogen-bond donors (Lipinski definition) is 0. The van der Waals surface area contributed by atoms with Gasteiger partial charge in [-0.3, -0.25) is 4.79 Å². The van der Waals surface area contributed by atoms with Crippen molar-refractivity contribution in [2.24, 2.45) is 0 Å². The number of Topliss-reactive ketones (excluding diaryl/α,β-unsaturated/α-hetero) is 1. The zero-order valence-electron chi connectivity index (χ0n) is 10.8. The highest BCUT2D eigenvalue weighted by molar-refractivity contribution is 5.96. The van der Waals surface area contributed by atoms with Gasteiger partial charge in [0.2, 0.25) is 5.78 Å². The smallest absolute Gasteiger partial charge is 0.410 e. The lowest BCUT2D eigenvalue weighted by Gasteiger charge is -2.24. The van der Waals surface area contributed by atoms with Gasteiger partial charge in [0.25, 0.3) is 0 Å². The first-order chi connectivity index (χ1) is 7.79. The van der Waals surface area contributed by atoms with Gasteiger partial charge >= 0.3 is 6.09 Å². The zero-order valence-corrected chi connectivity index (χ0v) is 10.8. The maximum Gasteiger partial charge on any atom is 0.410 e. The topological polar surface area (TPSA) is 55.8 Å². The molecule has 1 aliphatic rings. The summed E-state index contributed by atoms with van der Waals surface area (Å²) in [5, 5.41) is 0. The van der Waals surface area contributed by atoms with Crippen molar-refractivity contribution in [1.29, 1.82) is 0 Å². The van der Waals surface area contributed by atoms with Gasteiger partial charge < -0.3 is 14.4 Å². The molecule has 0 aliphatic carbocycles. The lowest BCUT2D eigenvalue weighted by molar-refractivity contribution is -0.119.